The molecular formula is C13H14N4O2. The summed E-state index contributed by atoms with van der Waals surface area (Å²) in [6.45, 7) is 0.792. The van der Waals surface area contributed by atoms with Gasteiger partial charge >= 0.3 is 6.03 Å². The first-order valence-corrected chi connectivity index (χ1v) is 5.84. The summed E-state index contributed by atoms with van der Waals surface area (Å²) in [4.78, 5) is 19.2. The smallest absolute Gasteiger partial charge is 0.321 e. The summed E-state index contributed by atoms with van der Waals surface area (Å²) in [5.74, 6) is 1.04. The molecule has 2 rings (SSSR count). The zero-order valence-electron chi connectivity index (χ0n) is 10.2. The zero-order valence-corrected chi connectivity index (χ0v) is 10.2. The second kappa shape index (κ2) is 6.95. The molecule has 98 valence electrons. The molecule has 0 fully saturated rings. The number of urea groups is 1. The van der Waals surface area contributed by atoms with Gasteiger partial charge in [0.15, 0.2) is 0 Å². The SMILES string of the molecule is O=C(NCCOc1ccccc1)Nc1ncccn1. The minimum Gasteiger partial charge on any atom is -0.492 e. The molecule has 6 nitrogen and oxygen atoms in total. The molecule has 1 aromatic carbocycles. The number of anilines is 1. The lowest BCUT2D eigenvalue weighted by atomic mass is 10.3. The van der Waals surface area contributed by atoms with Gasteiger partial charge in [-0.2, -0.15) is 0 Å². The molecule has 0 aliphatic rings. The Morgan fingerprint density at radius 2 is 1.84 bits per heavy atom. The highest BCUT2D eigenvalue weighted by molar-refractivity contribution is 5.87. The van der Waals surface area contributed by atoms with E-state index in [0.29, 0.717) is 13.2 Å². The number of carbonyl (C=O) groups excluding carboxylic acids is 1. The number of carbonyl (C=O) groups is 1. The van der Waals surface area contributed by atoms with Crippen molar-refractivity contribution in [1.29, 1.82) is 0 Å². The predicted octanol–water partition coefficient (Wildman–Crippen LogP) is 1.68. The normalized spacial score (nSPS) is 9.68. The maximum Gasteiger partial charge on any atom is 0.321 e. The van der Waals surface area contributed by atoms with E-state index in [1.54, 1.807) is 18.5 Å². The highest BCUT2D eigenvalue weighted by Gasteiger charge is 2.02. The molecule has 0 saturated heterocycles. The first-order chi connectivity index (χ1) is 9.34. The molecule has 2 N–H and O–H groups in total. The van der Waals surface area contributed by atoms with Crippen LogP contribution in [0.25, 0.3) is 0 Å². The Hall–Kier alpha value is -2.63. The molecule has 0 saturated carbocycles. The average molecular weight is 258 g/mol. The number of aromatic nitrogens is 2. The van der Waals surface area contributed by atoms with Crippen molar-refractivity contribution in [3.8, 4) is 5.75 Å². The number of hydrogen-bond acceptors (Lipinski definition) is 4. The second-order valence-corrected chi connectivity index (χ2v) is 3.61. The van der Waals surface area contributed by atoms with Crippen molar-refractivity contribution in [2.45, 2.75) is 0 Å². The predicted molar refractivity (Wildman–Crippen MR) is 71.0 cm³/mol. The van der Waals surface area contributed by atoms with Crippen molar-refractivity contribution in [2.24, 2.45) is 0 Å². The maximum atomic E-state index is 11.5. The Labute approximate surface area is 110 Å². The number of para-hydroxylation sites is 1. The van der Waals surface area contributed by atoms with Crippen molar-refractivity contribution in [1.82, 2.24) is 15.3 Å². The van der Waals surface area contributed by atoms with Gasteiger partial charge in [0, 0.05) is 12.4 Å². The topological polar surface area (TPSA) is 76.1 Å². The van der Waals surface area contributed by atoms with Crippen molar-refractivity contribution in [2.75, 3.05) is 18.5 Å². The van der Waals surface area contributed by atoms with Crippen molar-refractivity contribution in [3.63, 3.8) is 0 Å². The molecule has 19 heavy (non-hydrogen) atoms. The van der Waals surface area contributed by atoms with Crippen LogP contribution in [0.5, 0.6) is 5.75 Å². The summed E-state index contributed by atoms with van der Waals surface area (Å²) in [7, 11) is 0. The maximum absolute atomic E-state index is 11.5. The van der Waals surface area contributed by atoms with Gasteiger partial charge in [-0.1, -0.05) is 18.2 Å². The number of hydrogen-bond donors (Lipinski definition) is 2. The molecule has 0 aliphatic heterocycles. The molecule has 0 radical (unpaired) electrons. The van der Waals surface area contributed by atoms with Crippen LogP contribution in [0.1, 0.15) is 0 Å². The highest BCUT2D eigenvalue weighted by atomic mass is 16.5. The molecule has 0 atom stereocenters. The zero-order chi connectivity index (χ0) is 13.3. The van der Waals surface area contributed by atoms with E-state index in [4.69, 9.17) is 4.74 Å². The first-order valence-electron chi connectivity index (χ1n) is 5.84. The van der Waals surface area contributed by atoms with Crippen LogP contribution in [0.2, 0.25) is 0 Å². The summed E-state index contributed by atoms with van der Waals surface area (Å²) in [6, 6.07) is 10.7. The molecule has 0 aliphatic carbocycles. The fraction of sp³-hybridized carbons (Fsp3) is 0.154. The van der Waals surface area contributed by atoms with Gasteiger partial charge in [-0.25, -0.2) is 14.8 Å². The average Bonchev–Trinajstić information content (AvgIpc) is 2.46. The van der Waals surface area contributed by atoms with Crippen LogP contribution < -0.4 is 15.4 Å². The molecule has 2 amide bonds. The number of benzene rings is 1. The summed E-state index contributed by atoms with van der Waals surface area (Å²) < 4.78 is 5.43. The summed E-state index contributed by atoms with van der Waals surface area (Å²) >= 11 is 0. The van der Waals surface area contributed by atoms with E-state index in [-0.39, 0.29) is 12.0 Å². The van der Waals surface area contributed by atoms with E-state index in [1.165, 1.54) is 0 Å². The number of nitrogens with one attached hydrogen (secondary N) is 2. The lowest BCUT2D eigenvalue weighted by molar-refractivity contribution is 0.247. The van der Waals surface area contributed by atoms with Crippen LogP contribution >= 0.6 is 0 Å². The Balaban J connectivity index is 1.65. The number of amides is 2. The quantitative estimate of drug-likeness (QED) is 0.800. The van der Waals surface area contributed by atoms with Gasteiger partial charge in [0.05, 0.1) is 6.54 Å². The van der Waals surface area contributed by atoms with Crippen molar-refractivity contribution < 1.29 is 9.53 Å². The van der Waals surface area contributed by atoms with E-state index < -0.39 is 0 Å². The van der Waals surface area contributed by atoms with Gasteiger partial charge in [-0.05, 0) is 18.2 Å². The molecule has 1 aromatic heterocycles. The van der Waals surface area contributed by atoms with Crippen LogP contribution in [0.4, 0.5) is 10.7 Å². The minimum atomic E-state index is -0.358. The molecule has 1 heterocycles. The fourth-order valence-electron chi connectivity index (χ4n) is 1.36. The molecule has 6 heteroatoms. The van der Waals surface area contributed by atoms with Crippen LogP contribution in [-0.4, -0.2) is 29.2 Å². The third kappa shape index (κ3) is 4.63. The van der Waals surface area contributed by atoms with Gasteiger partial charge in [0.1, 0.15) is 12.4 Å². The number of ether oxygens (including phenoxy) is 1. The first kappa shape index (κ1) is 12.8. The second-order valence-electron chi connectivity index (χ2n) is 3.61. The van der Waals surface area contributed by atoms with Gasteiger partial charge in [0.2, 0.25) is 5.95 Å². The van der Waals surface area contributed by atoms with E-state index >= 15 is 0 Å². The fourth-order valence-corrected chi connectivity index (χ4v) is 1.36. The van der Waals surface area contributed by atoms with Crippen LogP contribution in [0.15, 0.2) is 48.8 Å². The molecule has 0 bridgehead atoms. The van der Waals surface area contributed by atoms with Gasteiger partial charge in [-0.15, -0.1) is 0 Å². The highest BCUT2D eigenvalue weighted by Crippen LogP contribution is 2.07. The van der Waals surface area contributed by atoms with E-state index in [2.05, 4.69) is 20.6 Å². The van der Waals surface area contributed by atoms with Gasteiger partial charge in [-0.3, -0.25) is 5.32 Å². The summed E-state index contributed by atoms with van der Waals surface area (Å²) in [5, 5.41) is 5.16. The summed E-state index contributed by atoms with van der Waals surface area (Å²) in [5.41, 5.74) is 0. The minimum absolute atomic E-state index is 0.268. The van der Waals surface area contributed by atoms with E-state index in [9.17, 15) is 4.79 Å². The Kier molecular flexibility index (Phi) is 4.69. The standard InChI is InChI=1S/C13H14N4O2/c18-13(17-12-14-7-4-8-15-12)16-9-10-19-11-5-2-1-3-6-11/h1-8H,9-10H2,(H2,14,15,16,17,18). The third-order valence-electron chi connectivity index (χ3n) is 2.19. The van der Waals surface area contributed by atoms with Crippen molar-refractivity contribution in [3.05, 3.63) is 48.8 Å². The summed E-state index contributed by atoms with van der Waals surface area (Å²) in [6.07, 6.45) is 3.11. The lowest BCUT2D eigenvalue weighted by Crippen LogP contribution is -2.32. The molecule has 0 unspecified atom stereocenters. The number of nitrogens with zero attached hydrogens (tertiary/aromatic N) is 2. The molecule has 2 aromatic rings. The van der Waals surface area contributed by atoms with Crippen LogP contribution in [-0.2, 0) is 0 Å². The third-order valence-corrected chi connectivity index (χ3v) is 2.19. The Morgan fingerprint density at radius 3 is 2.58 bits per heavy atom. The number of rotatable bonds is 5. The van der Waals surface area contributed by atoms with Crippen molar-refractivity contribution >= 4 is 12.0 Å². The van der Waals surface area contributed by atoms with E-state index in [1.807, 2.05) is 30.3 Å². The molecule has 0 spiro atoms. The van der Waals surface area contributed by atoms with Gasteiger partial charge < -0.3 is 10.1 Å². The Bertz CT molecular complexity index is 505. The van der Waals surface area contributed by atoms with Crippen LogP contribution in [0, 0.1) is 0 Å². The molecular weight excluding hydrogens is 244 g/mol. The monoisotopic (exact) mass is 258 g/mol. The van der Waals surface area contributed by atoms with E-state index in [0.717, 1.165) is 5.75 Å². The van der Waals surface area contributed by atoms with Crippen LogP contribution in [0.3, 0.4) is 0 Å². The van der Waals surface area contributed by atoms with Gasteiger partial charge in [0.25, 0.3) is 0 Å². The lowest BCUT2D eigenvalue weighted by Gasteiger charge is -2.07. The Morgan fingerprint density at radius 1 is 1.11 bits per heavy atom. The largest absolute Gasteiger partial charge is 0.492 e.